The molecule has 0 aromatic heterocycles. The molecule has 19 heavy (non-hydrogen) atoms. The highest BCUT2D eigenvalue weighted by Crippen LogP contribution is 2.23. The van der Waals surface area contributed by atoms with Gasteiger partial charge in [-0.3, -0.25) is 9.59 Å². The van der Waals surface area contributed by atoms with Crippen LogP contribution in [0, 0.1) is 5.92 Å². The molecule has 1 heterocycles. The largest absolute Gasteiger partial charge is 0.468 e. The zero-order valence-electron chi connectivity index (χ0n) is 11.2. The number of methoxy groups -OCH3 is 1. The molecule has 2 rings (SSSR count). The Balaban J connectivity index is 2.25. The van der Waals surface area contributed by atoms with Crippen LogP contribution in [0.5, 0.6) is 0 Å². The van der Waals surface area contributed by atoms with Crippen LogP contribution in [-0.2, 0) is 14.3 Å². The lowest BCUT2D eigenvalue weighted by atomic mass is 9.96. The van der Waals surface area contributed by atoms with Crippen LogP contribution in [0.4, 0.5) is 5.69 Å². The van der Waals surface area contributed by atoms with Crippen molar-refractivity contribution in [3.63, 3.8) is 0 Å². The smallest absolute Gasteiger partial charge is 0.318 e. The number of carbonyl (C=O) groups excluding carboxylic acids is 2. The van der Waals surface area contributed by atoms with Crippen LogP contribution < -0.4 is 4.90 Å². The number of carbonyl (C=O) groups is 2. The maximum Gasteiger partial charge on any atom is 0.318 e. The average Bonchev–Trinajstić information content (AvgIpc) is 2.44. The van der Waals surface area contributed by atoms with Crippen molar-refractivity contribution in [1.29, 1.82) is 0 Å². The van der Waals surface area contributed by atoms with Gasteiger partial charge in [0.15, 0.2) is 0 Å². The van der Waals surface area contributed by atoms with Gasteiger partial charge >= 0.3 is 5.97 Å². The lowest BCUT2D eigenvalue weighted by Crippen LogP contribution is -2.41. The summed E-state index contributed by atoms with van der Waals surface area (Å²) < 4.78 is 4.75. The summed E-state index contributed by atoms with van der Waals surface area (Å²) in [5.74, 6) is -1.23. The molecule has 0 spiro atoms. The maximum atomic E-state index is 12.5. The minimum Gasteiger partial charge on any atom is -0.468 e. The van der Waals surface area contributed by atoms with E-state index in [1.807, 2.05) is 30.3 Å². The van der Waals surface area contributed by atoms with E-state index < -0.39 is 11.9 Å². The number of benzene rings is 1. The summed E-state index contributed by atoms with van der Waals surface area (Å²) in [6.07, 6.45) is 3.47. The van der Waals surface area contributed by atoms with Crippen LogP contribution in [0.2, 0.25) is 0 Å². The lowest BCUT2D eigenvalue weighted by Gasteiger charge is -2.28. The first-order valence-corrected chi connectivity index (χ1v) is 6.68. The van der Waals surface area contributed by atoms with E-state index in [2.05, 4.69) is 0 Å². The second-order valence-electron chi connectivity index (χ2n) is 4.75. The number of esters is 1. The van der Waals surface area contributed by atoms with E-state index in [9.17, 15) is 9.59 Å². The number of amides is 1. The molecule has 1 aliphatic heterocycles. The zero-order valence-corrected chi connectivity index (χ0v) is 11.2. The highest BCUT2D eigenvalue weighted by molar-refractivity contribution is 6.06. The van der Waals surface area contributed by atoms with Crippen molar-refractivity contribution in [3.05, 3.63) is 30.3 Å². The Morgan fingerprint density at radius 3 is 2.63 bits per heavy atom. The molecule has 0 N–H and O–H groups in total. The van der Waals surface area contributed by atoms with Gasteiger partial charge in [0.05, 0.1) is 7.11 Å². The van der Waals surface area contributed by atoms with Crippen LogP contribution in [-0.4, -0.2) is 25.5 Å². The van der Waals surface area contributed by atoms with Crippen molar-refractivity contribution in [3.8, 4) is 0 Å². The van der Waals surface area contributed by atoms with Gasteiger partial charge in [0.2, 0.25) is 5.91 Å². The van der Waals surface area contributed by atoms with Gasteiger partial charge in [-0.05, 0) is 25.0 Å². The average molecular weight is 261 g/mol. The minimum atomic E-state index is -0.662. The highest BCUT2D eigenvalue weighted by atomic mass is 16.5. The topological polar surface area (TPSA) is 46.6 Å². The third-order valence-electron chi connectivity index (χ3n) is 3.49. The molecule has 1 unspecified atom stereocenters. The van der Waals surface area contributed by atoms with E-state index in [-0.39, 0.29) is 5.91 Å². The quantitative estimate of drug-likeness (QED) is 0.606. The van der Waals surface area contributed by atoms with Crippen LogP contribution in [0.25, 0.3) is 0 Å². The molecule has 1 aromatic carbocycles. The number of hydrogen-bond acceptors (Lipinski definition) is 3. The first-order chi connectivity index (χ1) is 9.24. The molecule has 102 valence electrons. The van der Waals surface area contributed by atoms with Crippen LogP contribution in [0.3, 0.4) is 0 Å². The summed E-state index contributed by atoms with van der Waals surface area (Å²) in [6.45, 7) is 0.663. The summed E-state index contributed by atoms with van der Waals surface area (Å²) in [6, 6.07) is 9.50. The van der Waals surface area contributed by atoms with E-state index in [1.54, 1.807) is 4.90 Å². The monoisotopic (exact) mass is 261 g/mol. The summed E-state index contributed by atoms with van der Waals surface area (Å²) in [7, 11) is 1.33. The van der Waals surface area contributed by atoms with E-state index in [0.717, 1.165) is 24.9 Å². The van der Waals surface area contributed by atoms with Crippen molar-refractivity contribution < 1.29 is 14.3 Å². The fourth-order valence-electron chi connectivity index (χ4n) is 2.44. The van der Waals surface area contributed by atoms with E-state index >= 15 is 0 Å². The Morgan fingerprint density at radius 1 is 1.21 bits per heavy atom. The minimum absolute atomic E-state index is 0.141. The SMILES string of the molecule is COC(=O)C1CCCCCN(c2ccccc2)C1=O. The Labute approximate surface area is 113 Å². The number of anilines is 1. The maximum absolute atomic E-state index is 12.5. The predicted molar refractivity (Wildman–Crippen MR) is 72.8 cm³/mol. The Bertz CT molecular complexity index is 444. The second-order valence-corrected chi connectivity index (χ2v) is 4.75. The molecule has 0 aliphatic carbocycles. The number of hydrogen-bond donors (Lipinski definition) is 0. The number of ether oxygens (including phenoxy) is 1. The zero-order chi connectivity index (χ0) is 13.7. The van der Waals surface area contributed by atoms with Gasteiger partial charge in [-0.15, -0.1) is 0 Å². The van der Waals surface area contributed by atoms with Crippen molar-refractivity contribution in [2.24, 2.45) is 5.92 Å². The lowest BCUT2D eigenvalue weighted by molar-refractivity contribution is -0.149. The molecule has 0 radical (unpaired) electrons. The molecule has 1 aromatic rings. The van der Waals surface area contributed by atoms with E-state index in [1.165, 1.54) is 7.11 Å². The third-order valence-corrected chi connectivity index (χ3v) is 3.49. The highest BCUT2D eigenvalue weighted by Gasteiger charge is 2.32. The Morgan fingerprint density at radius 2 is 1.95 bits per heavy atom. The van der Waals surface area contributed by atoms with Crippen LogP contribution in [0.1, 0.15) is 25.7 Å². The summed E-state index contributed by atoms with van der Waals surface area (Å²) in [5.41, 5.74) is 0.850. The van der Waals surface area contributed by atoms with Gasteiger partial charge in [0, 0.05) is 12.2 Å². The second kappa shape index (κ2) is 6.36. The molecule has 1 atom stereocenters. The molecular formula is C15H19NO3. The first kappa shape index (κ1) is 13.6. The van der Waals surface area contributed by atoms with Crippen LogP contribution >= 0.6 is 0 Å². The van der Waals surface area contributed by atoms with Gasteiger partial charge in [-0.25, -0.2) is 0 Å². The van der Waals surface area contributed by atoms with Gasteiger partial charge in [0.1, 0.15) is 5.92 Å². The standard InChI is InChI=1S/C15H19NO3/c1-19-15(18)13-10-6-3-7-11-16(14(13)17)12-8-4-2-5-9-12/h2,4-5,8-9,13H,3,6-7,10-11H2,1H3. The molecule has 1 fully saturated rings. The van der Waals surface area contributed by atoms with Gasteiger partial charge in [0.25, 0.3) is 0 Å². The normalized spacial score (nSPS) is 20.6. The first-order valence-electron chi connectivity index (χ1n) is 6.68. The van der Waals surface area contributed by atoms with Crippen molar-refractivity contribution >= 4 is 17.6 Å². The molecule has 0 saturated carbocycles. The summed E-state index contributed by atoms with van der Waals surface area (Å²) in [4.78, 5) is 26.0. The third kappa shape index (κ3) is 3.13. The van der Waals surface area contributed by atoms with E-state index in [4.69, 9.17) is 4.74 Å². The van der Waals surface area contributed by atoms with Crippen molar-refractivity contribution in [2.75, 3.05) is 18.6 Å². The Kier molecular flexibility index (Phi) is 4.55. The fourth-order valence-corrected chi connectivity index (χ4v) is 2.44. The molecule has 4 nitrogen and oxygen atoms in total. The van der Waals surface area contributed by atoms with Crippen LogP contribution in [0.15, 0.2) is 30.3 Å². The molecule has 1 aliphatic rings. The molecule has 4 heteroatoms. The van der Waals surface area contributed by atoms with Crippen molar-refractivity contribution in [1.82, 2.24) is 0 Å². The van der Waals surface area contributed by atoms with Crippen molar-refractivity contribution in [2.45, 2.75) is 25.7 Å². The number of nitrogens with zero attached hydrogens (tertiary/aromatic N) is 1. The van der Waals surface area contributed by atoms with Gasteiger partial charge < -0.3 is 9.64 Å². The molecular weight excluding hydrogens is 242 g/mol. The van der Waals surface area contributed by atoms with E-state index in [0.29, 0.717) is 13.0 Å². The molecule has 0 bridgehead atoms. The van der Waals surface area contributed by atoms with Gasteiger partial charge in [-0.1, -0.05) is 31.0 Å². The Hall–Kier alpha value is -1.84. The molecule has 1 amide bonds. The number of para-hydroxylation sites is 1. The predicted octanol–water partition coefficient (Wildman–Crippen LogP) is 2.38. The fraction of sp³-hybridized carbons (Fsp3) is 0.467. The number of rotatable bonds is 2. The van der Waals surface area contributed by atoms with Gasteiger partial charge in [-0.2, -0.15) is 0 Å². The summed E-state index contributed by atoms with van der Waals surface area (Å²) in [5, 5.41) is 0. The molecule has 1 saturated heterocycles. The summed E-state index contributed by atoms with van der Waals surface area (Å²) >= 11 is 0.